The second kappa shape index (κ2) is 5.00. The minimum atomic E-state index is -0.375. The van der Waals surface area contributed by atoms with Gasteiger partial charge in [-0.15, -0.1) is 0 Å². The Labute approximate surface area is 104 Å². The Balaban J connectivity index is 2.43. The number of pyridine rings is 1. The van der Waals surface area contributed by atoms with E-state index in [2.05, 4.69) is 10.3 Å². The molecule has 1 atom stereocenters. The van der Waals surface area contributed by atoms with Gasteiger partial charge >= 0.3 is 0 Å². The van der Waals surface area contributed by atoms with E-state index in [9.17, 15) is 9.59 Å². The molecule has 0 bridgehead atoms. The summed E-state index contributed by atoms with van der Waals surface area (Å²) in [6.07, 6.45) is 3.74. The van der Waals surface area contributed by atoms with Crippen LogP contribution in [0.15, 0.2) is 35.4 Å². The average molecular weight is 245 g/mol. The van der Waals surface area contributed by atoms with E-state index >= 15 is 0 Å². The fraction of sp³-hybridized carbons (Fsp3) is 0.308. The zero-order valence-electron chi connectivity index (χ0n) is 10.4. The minimum absolute atomic E-state index is 0.0355. The van der Waals surface area contributed by atoms with Crippen molar-refractivity contribution in [3.05, 3.63) is 46.5 Å². The lowest BCUT2D eigenvalue weighted by Gasteiger charge is -2.11. The number of carbonyl (C=O) groups is 1. The number of hydrogen-bond acceptors (Lipinski definition) is 3. The van der Waals surface area contributed by atoms with E-state index in [4.69, 9.17) is 0 Å². The van der Waals surface area contributed by atoms with Gasteiger partial charge in [-0.25, -0.2) is 4.98 Å². The summed E-state index contributed by atoms with van der Waals surface area (Å²) in [5.41, 5.74) is 0.253. The monoisotopic (exact) mass is 245 g/mol. The molecule has 5 nitrogen and oxygen atoms in total. The van der Waals surface area contributed by atoms with Gasteiger partial charge in [0.15, 0.2) is 0 Å². The number of nitrogens with one attached hydrogen (secondary N) is 1. The summed E-state index contributed by atoms with van der Waals surface area (Å²) in [4.78, 5) is 28.1. The smallest absolute Gasteiger partial charge is 0.270 e. The van der Waals surface area contributed by atoms with Crippen molar-refractivity contribution in [2.45, 2.75) is 26.3 Å². The molecule has 2 aromatic heterocycles. The van der Waals surface area contributed by atoms with Gasteiger partial charge < -0.3 is 5.32 Å². The summed E-state index contributed by atoms with van der Waals surface area (Å²) < 4.78 is 1.37. The summed E-state index contributed by atoms with van der Waals surface area (Å²) in [5, 5.41) is 2.76. The Morgan fingerprint density at radius 3 is 3.00 bits per heavy atom. The number of hydrogen-bond donors (Lipinski definition) is 1. The largest absolute Gasteiger partial charge is 0.349 e. The molecule has 0 radical (unpaired) electrons. The van der Waals surface area contributed by atoms with Crippen LogP contribution in [0.2, 0.25) is 0 Å². The van der Waals surface area contributed by atoms with Crippen LogP contribution in [0.25, 0.3) is 5.65 Å². The highest BCUT2D eigenvalue weighted by Crippen LogP contribution is 1.98. The number of rotatable bonds is 3. The Morgan fingerprint density at radius 2 is 2.28 bits per heavy atom. The van der Waals surface area contributed by atoms with Crippen molar-refractivity contribution in [1.29, 1.82) is 0 Å². The van der Waals surface area contributed by atoms with E-state index in [0.717, 1.165) is 6.42 Å². The first-order valence-corrected chi connectivity index (χ1v) is 5.90. The van der Waals surface area contributed by atoms with E-state index in [0.29, 0.717) is 5.65 Å². The first kappa shape index (κ1) is 12.3. The van der Waals surface area contributed by atoms with Crippen molar-refractivity contribution in [2.75, 3.05) is 0 Å². The van der Waals surface area contributed by atoms with E-state index < -0.39 is 0 Å². The summed E-state index contributed by atoms with van der Waals surface area (Å²) in [7, 11) is 0. The van der Waals surface area contributed by atoms with Crippen molar-refractivity contribution in [3.63, 3.8) is 0 Å². The minimum Gasteiger partial charge on any atom is -0.349 e. The summed E-state index contributed by atoms with van der Waals surface area (Å²) in [5.74, 6) is -0.375. The van der Waals surface area contributed by atoms with Crippen LogP contribution < -0.4 is 10.9 Å². The van der Waals surface area contributed by atoms with Gasteiger partial charge in [-0.3, -0.25) is 14.0 Å². The van der Waals surface area contributed by atoms with Crippen LogP contribution in [0.1, 0.15) is 30.6 Å². The van der Waals surface area contributed by atoms with Gasteiger partial charge in [0.05, 0.1) is 0 Å². The summed E-state index contributed by atoms with van der Waals surface area (Å²) in [6.45, 7) is 3.86. The van der Waals surface area contributed by atoms with Gasteiger partial charge in [-0.05, 0) is 25.5 Å². The highest BCUT2D eigenvalue weighted by Gasteiger charge is 2.14. The highest BCUT2D eigenvalue weighted by atomic mass is 16.2. The maximum absolute atomic E-state index is 12.1. The van der Waals surface area contributed by atoms with Gasteiger partial charge in [0.1, 0.15) is 11.2 Å². The molecule has 1 amide bonds. The Hall–Kier alpha value is -2.17. The lowest BCUT2D eigenvalue weighted by molar-refractivity contribution is 0.0937. The molecule has 0 aromatic carbocycles. The Kier molecular flexibility index (Phi) is 3.41. The zero-order valence-corrected chi connectivity index (χ0v) is 10.4. The molecule has 2 aromatic rings. The number of aromatic nitrogens is 2. The van der Waals surface area contributed by atoms with E-state index in [-0.39, 0.29) is 23.1 Å². The molecule has 0 fully saturated rings. The number of fused-ring (bicyclic) bond motifs is 1. The fourth-order valence-electron chi connectivity index (χ4n) is 1.59. The summed E-state index contributed by atoms with van der Waals surface area (Å²) in [6, 6.07) is 5.28. The van der Waals surface area contributed by atoms with Gasteiger partial charge in [0.25, 0.3) is 11.5 Å². The van der Waals surface area contributed by atoms with Crippen LogP contribution >= 0.6 is 0 Å². The second-order valence-electron chi connectivity index (χ2n) is 4.19. The fourth-order valence-corrected chi connectivity index (χ4v) is 1.59. The lowest BCUT2D eigenvalue weighted by atomic mass is 10.2. The van der Waals surface area contributed by atoms with Crippen molar-refractivity contribution >= 4 is 11.6 Å². The molecule has 0 aliphatic rings. The molecular weight excluding hydrogens is 230 g/mol. The molecule has 18 heavy (non-hydrogen) atoms. The molecule has 2 heterocycles. The van der Waals surface area contributed by atoms with Crippen LogP contribution in [0.4, 0.5) is 0 Å². The molecule has 0 saturated carbocycles. The SMILES string of the molecule is CC[C@H](C)NC(=O)c1cnc2ccccn2c1=O. The van der Waals surface area contributed by atoms with Gasteiger partial charge in [0, 0.05) is 18.4 Å². The molecule has 0 spiro atoms. The first-order chi connectivity index (χ1) is 8.63. The molecular formula is C13H15N3O2. The molecule has 94 valence electrons. The maximum Gasteiger partial charge on any atom is 0.270 e. The van der Waals surface area contributed by atoms with Crippen LogP contribution in [0.5, 0.6) is 0 Å². The Morgan fingerprint density at radius 1 is 1.50 bits per heavy atom. The highest BCUT2D eigenvalue weighted by molar-refractivity contribution is 5.93. The van der Waals surface area contributed by atoms with Crippen LogP contribution in [-0.2, 0) is 0 Å². The van der Waals surface area contributed by atoms with Crippen LogP contribution in [0, 0.1) is 0 Å². The first-order valence-electron chi connectivity index (χ1n) is 5.90. The van der Waals surface area contributed by atoms with Crippen molar-refractivity contribution < 1.29 is 4.79 Å². The standard InChI is InChI=1S/C13H15N3O2/c1-3-9(2)15-12(17)10-8-14-11-6-4-5-7-16(11)13(10)18/h4-9H,3H2,1-2H3,(H,15,17)/t9-/m0/s1. The van der Waals surface area contributed by atoms with E-state index in [1.165, 1.54) is 10.6 Å². The van der Waals surface area contributed by atoms with E-state index in [1.807, 2.05) is 13.8 Å². The third-order valence-electron chi connectivity index (χ3n) is 2.85. The zero-order chi connectivity index (χ0) is 13.1. The number of nitrogens with zero attached hydrogens (tertiary/aromatic N) is 2. The van der Waals surface area contributed by atoms with Crippen molar-refractivity contribution in [1.82, 2.24) is 14.7 Å². The second-order valence-corrected chi connectivity index (χ2v) is 4.19. The number of amides is 1. The quantitative estimate of drug-likeness (QED) is 0.884. The third kappa shape index (κ3) is 2.25. The van der Waals surface area contributed by atoms with Gasteiger partial charge in [0.2, 0.25) is 0 Å². The summed E-state index contributed by atoms with van der Waals surface area (Å²) >= 11 is 0. The Bertz CT molecular complexity index is 633. The molecule has 5 heteroatoms. The molecule has 0 aliphatic heterocycles. The molecule has 1 N–H and O–H groups in total. The maximum atomic E-state index is 12.1. The average Bonchev–Trinajstić information content (AvgIpc) is 2.39. The van der Waals surface area contributed by atoms with E-state index in [1.54, 1.807) is 24.4 Å². The number of carbonyl (C=O) groups excluding carboxylic acids is 1. The normalized spacial score (nSPS) is 12.3. The molecule has 0 aliphatic carbocycles. The predicted octanol–water partition coefficient (Wildman–Crippen LogP) is 1.22. The van der Waals surface area contributed by atoms with Crippen molar-refractivity contribution in [3.8, 4) is 0 Å². The molecule has 2 rings (SSSR count). The van der Waals surface area contributed by atoms with Crippen LogP contribution in [-0.4, -0.2) is 21.3 Å². The van der Waals surface area contributed by atoms with Crippen LogP contribution in [0.3, 0.4) is 0 Å². The van der Waals surface area contributed by atoms with Gasteiger partial charge in [-0.1, -0.05) is 13.0 Å². The third-order valence-corrected chi connectivity index (χ3v) is 2.85. The topological polar surface area (TPSA) is 63.5 Å². The van der Waals surface area contributed by atoms with Gasteiger partial charge in [-0.2, -0.15) is 0 Å². The molecule has 0 unspecified atom stereocenters. The molecule has 0 saturated heterocycles. The van der Waals surface area contributed by atoms with Crippen molar-refractivity contribution in [2.24, 2.45) is 0 Å². The predicted molar refractivity (Wildman–Crippen MR) is 68.7 cm³/mol. The lowest BCUT2D eigenvalue weighted by Crippen LogP contribution is -2.36.